The van der Waals surface area contributed by atoms with Crippen LogP contribution in [0.3, 0.4) is 0 Å². The number of nitrogens with zero attached hydrogens (tertiary/aromatic N) is 1. The monoisotopic (exact) mass is 166 g/mol. The summed E-state index contributed by atoms with van der Waals surface area (Å²) in [6.45, 7) is 7.94. The van der Waals surface area contributed by atoms with Crippen molar-refractivity contribution in [2.75, 3.05) is 7.05 Å². The number of hydrogen-bond acceptors (Lipinski definition) is 1. The lowest BCUT2D eigenvalue weighted by molar-refractivity contribution is 0.653. The molecule has 2 nitrogen and oxygen atoms in total. The highest BCUT2D eigenvalue weighted by atomic mass is 14.8. The molecule has 2 N–H and O–H groups in total. The first-order valence-electron chi connectivity index (χ1n) is 4.16. The second-order valence-corrected chi connectivity index (χ2v) is 3.13. The van der Waals surface area contributed by atoms with E-state index in [1.807, 2.05) is 6.08 Å². The number of allylic oxidation sites excluding steroid dienone is 2. The molecule has 0 bridgehead atoms. The SMILES string of the molecule is C=C/C=C(\CC(C)C)C(N)=NC. The Balaban J connectivity index is 4.45. The van der Waals surface area contributed by atoms with Gasteiger partial charge in [0.15, 0.2) is 0 Å². The molecule has 0 rings (SSSR count). The number of rotatable bonds is 4. The van der Waals surface area contributed by atoms with Crippen molar-refractivity contribution in [1.82, 2.24) is 0 Å². The maximum Gasteiger partial charge on any atom is 0.121 e. The Bertz CT molecular complexity index is 200. The van der Waals surface area contributed by atoms with E-state index < -0.39 is 0 Å². The third-order valence-electron chi connectivity index (χ3n) is 1.52. The molecule has 0 aromatic heterocycles. The van der Waals surface area contributed by atoms with E-state index in [1.165, 1.54) is 0 Å². The average molecular weight is 166 g/mol. The van der Waals surface area contributed by atoms with Gasteiger partial charge >= 0.3 is 0 Å². The fourth-order valence-electron chi connectivity index (χ4n) is 0.984. The van der Waals surface area contributed by atoms with Gasteiger partial charge in [0.1, 0.15) is 5.84 Å². The molecule has 0 heterocycles. The van der Waals surface area contributed by atoms with Crippen LogP contribution in [0.1, 0.15) is 20.3 Å². The summed E-state index contributed by atoms with van der Waals surface area (Å²) in [6, 6.07) is 0. The largest absolute Gasteiger partial charge is 0.384 e. The zero-order valence-corrected chi connectivity index (χ0v) is 8.17. The van der Waals surface area contributed by atoms with Crippen molar-refractivity contribution in [2.24, 2.45) is 16.6 Å². The Kier molecular flexibility index (Phi) is 5.09. The molecule has 0 radical (unpaired) electrons. The second-order valence-electron chi connectivity index (χ2n) is 3.13. The van der Waals surface area contributed by atoms with E-state index >= 15 is 0 Å². The summed E-state index contributed by atoms with van der Waals surface area (Å²) in [5.41, 5.74) is 6.76. The lowest BCUT2D eigenvalue weighted by Gasteiger charge is -2.08. The van der Waals surface area contributed by atoms with Gasteiger partial charge in [0, 0.05) is 7.05 Å². The van der Waals surface area contributed by atoms with Gasteiger partial charge in [0.2, 0.25) is 0 Å². The number of amidine groups is 1. The van der Waals surface area contributed by atoms with Gasteiger partial charge in [-0.1, -0.05) is 32.6 Å². The Morgan fingerprint density at radius 3 is 2.50 bits per heavy atom. The van der Waals surface area contributed by atoms with Crippen LogP contribution in [0.25, 0.3) is 0 Å². The molecule has 0 aromatic carbocycles. The van der Waals surface area contributed by atoms with Crippen LogP contribution in [0.2, 0.25) is 0 Å². The molecule has 12 heavy (non-hydrogen) atoms. The molecule has 0 aliphatic heterocycles. The smallest absolute Gasteiger partial charge is 0.121 e. The summed E-state index contributed by atoms with van der Waals surface area (Å²) >= 11 is 0. The first-order valence-corrected chi connectivity index (χ1v) is 4.16. The molecule has 0 amide bonds. The van der Waals surface area contributed by atoms with Crippen LogP contribution < -0.4 is 5.73 Å². The number of hydrogen-bond donors (Lipinski definition) is 1. The molecule has 0 fully saturated rings. The van der Waals surface area contributed by atoms with Gasteiger partial charge in [-0.3, -0.25) is 4.99 Å². The van der Waals surface area contributed by atoms with Gasteiger partial charge in [0.05, 0.1) is 0 Å². The number of aliphatic imine (C=N–C) groups is 1. The molecule has 0 unspecified atom stereocenters. The predicted molar refractivity (Wildman–Crippen MR) is 55.3 cm³/mol. The lowest BCUT2D eigenvalue weighted by Crippen LogP contribution is -2.15. The fraction of sp³-hybridized carbons (Fsp3) is 0.500. The van der Waals surface area contributed by atoms with Crippen molar-refractivity contribution >= 4 is 5.84 Å². The molecule has 0 atom stereocenters. The van der Waals surface area contributed by atoms with E-state index in [-0.39, 0.29) is 0 Å². The summed E-state index contributed by atoms with van der Waals surface area (Å²) < 4.78 is 0. The van der Waals surface area contributed by atoms with Crippen molar-refractivity contribution in [3.05, 3.63) is 24.3 Å². The van der Waals surface area contributed by atoms with Crippen LogP contribution >= 0.6 is 0 Å². The van der Waals surface area contributed by atoms with Crippen LogP contribution in [0.5, 0.6) is 0 Å². The van der Waals surface area contributed by atoms with Gasteiger partial charge in [-0.05, 0) is 17.9 Å². The van der Waals surface area contributed by atoms with Gasteiger partial charge in [-0.25, -0.2) is 0 Å². The molecular weight excluding hydrogens is 148 g/mol. The summed E-state index contributed by atoms with van der Waals surface area (Å²) in [4.78, 5) is 3.94. The molecule has 68 valence electrons. The summed E-state index contributed by atoms with van der Waals surface area (Å²) in [6.07, 6.45) is 4.62. The van der Waals surface area contributed by atoms with E-state index in [0.29, 0.717) is 11.8 Å². The minimum atomic E-state index is 0.594. The van der Waals surface area contributed by atoms with Crippen LogP contribution in [-0.4, -0.2) is 12.9 Å². The molecule has 0 saturated carbocycles. The Morgan fingerprint density at radius 2 is 2.17 bits per heavy atom. The fourth-order valence-corrected chi connectivity index (χ4v) is 0.984. The highest BCUT2D eigenvalue weighted by molar-refractivity contribution is 5.97. The standard InChI is InChI=1S/C10H18N2/c1-5-6-9(7-8(2)3)10(11)12-4/h5-6,8H,1,7H2,2-4H3,(H2,11,12)/b9-6+. The molecule has 0 aliphatic carbocycles. The average Bonchev–Trinajstić information content (AvgIpc) is 2.01. The van der Waals surface area contributed by atoms with E-state index in [9.17, 15) is 0 Å². The van der Waals surface area contributed by atoms with Crippen molar-refractivity contribution < 1.29 is 0 Å². The number of nitrogens with two attached hydrogens (primary N) is 1. The van der Waals surface area contributed by atoms with Gasteiger partial charge in [-0.15, -0.1) is 0 Å². The van der Waals surface area contributed by atoms with E-state index in [0.717, 1.165) is 12.0 Å². The zero-order valence-electron chi connectivity index (χ0n) is 8.17. The molecule has 0 aliphatic rings. The topological polar surface area (TPSA) is 38.4 Å². The quantitative estimate of drug-likeness (QED) is 0.388. The van der Waals surface area contributed by atoms with Crippen LogP contribution in [0.4, 0.5) is 0 Å². The van der Waals surface area contributed by atoms with Crippen molar-refractivity contribution in [3.63, 3.8) is 0 Å². The van der Waals surface area contributed by atoms with Crippen LogP contribution in [-0.2, 0) is 0 Å². The summed E-state index contributed by atoms with van der Waals surface area (Å²) in [5.74, 6) is 1.21. The Labute approximate surface area is 74.9 Å². The lowest BCUT2D eigenvalue weighted by atomic mass is 10.0. The molecule has 0 aromatic rings. The summed E-state index contributed by atoms with van der Waals surface area (Å²) in [5, 5.41) is 0. The molecule has 2 heteroatoms. The first kappa shape index (κ1) is 11.0. The zero-order chi connectivity index (χ0) is 9.56. The highest BCUT2D eigenvalue weighted by Crippen LogP contribution is 2.10. The van der Waals surface area contributed by atoms with Crippen molar-refractivity contribution in [3.8, 4) is 0 Å². The Hall–Kier alpha value is -1.05. The summed E-state index contributed by atoms with van der Waals surface area (Å²) in [7, 11) is 1.70. The normalized spacial score (nSPS) is 13.7. The van der Waals surface area contributed by atoms with E-state index in [1.54, 1.807) is 13.1 Å². The maximum absolute atomic E-state index is 5.69. The molecule has 0 saturated heterocycles. The van der Waals surface area contributed by atoms with E-state index in [2.05, 4.69) is 25.4 Å². The molecular formula is C10H18N2. The van der Waals surface area contributed by atoms with Crippen molar-refractivity contribution in [2.45, 2.75) is 20.3 Å². The van der Waals surface area contributed by atoms with Crippen LogP contribution in [0, 0.1) is 5.92 Å². The minimum absolute atomic E-state index is 0.594. The highest BCUT2D eigenvalue weighted by Gasteiger charge is 2.03. The van der Waals surface area contributed by atoms with Crippen molar-refractivity contribution in [1.29, 1.82) is 0 Å². The molecule has 0 spiro atoms. The van der Waals surface area contributed by atoms with Gasteiger partial charge in [-0.2, -0.15) is 0 Å². The maximum atomic E-state index is 5.69. The third-order valence-corrected chi connectivity index (χ3v) is 1.52. The first-order chi connectivity index (χ1) is 5.61. The minimum Gasteiger partial charge on any atom is -0.384 e. The third kappa shape index (κ3) is 3.96. The van der Waals surface area contributed by atoms with Gasteiger partial charge in [0.25, 0.3) is 0 Å². The predicted octanol–water partition coefficient (Wildman–Crippen LogP) is 2.13. The van der Waals surface area contributed by atoms with E-state index in [4.69, 9.17) is 5.73 Å². The second kappa shape index (κ2) is 5.58. The van der Waals surface area contributed by atoms with Gasteiger partial charge < -0.3 is 5.73 Å². The van der Waals surface area contributed by atoms with Crippen LogP contribution in [0.15, 0.2) is 29.3 Å². The Morgan fingerprint density at radius 1 is 1.58 bits per heavy atom.